The second-order valence-corrected chi connectivity index (χ2v) is 5.47. The van der Waals surface area contributed by atoms with Gasteiger partial charge in [0.2, 0.25) is 11.8 Å². The van der Waals surface area contributed by atoms with E-state index in [0.717, 1.165) is 11.0 Å². The zero-order chi connectivity index (χ0) is 18.9. The molecule has 1 aliphatic rings. The summed E-state index contributed by atoms with van der Waals surface area (Å²) in [5.74, 6) is -1.99. The molecular weight excluding hydrogens is 353 g/mol. The third kappa shape index (κ3) is 3.34. The molecule has 1 N–H and O–H groups in total. The molecule has 8 nitrogen and oxygen atoms in total. The van der Waals surface area contributed by atoms with Crippen molar-refractivity contribution in [3.05, 3.63) is 36.4 Å². The molecule has 2 heterocycles. The average molecular weight is 364 g/mol. The zero-order valence-corrected chi connectivity index (χ0v) is 13.1. The number of halogens is 3. The smallest absolute Gasteiger partial charge is 0.324 e. The predicted octanol–water partition coefficient (Wildman–Crippen LogP) is 1.46. The van der Waals surface area contributed by atoms with Crippen molar-refractivity contribution in [2.45, 2.75) is 25.2 Å². The van der Waals surface area contributed by atoms with Gasteiger partial charge in [-0.15, -0.1) is 5.10 Å². The fraction of sp³-hybridized carbons (Fsp3) is 0.267. The topological polar surface area (TPSA) is 104 Å². The van der Waals surface area contributed by atoms with E-state index in [0.29, 0.717) is 4.90 Å². The SMILES string of the molecule is N#Cc1ncn(CC(=O)N2c3ccccc3NC(=O)CC2C(F)(F)F)n1. The Bertz CT molecular complexity index is 901. The predicted molar refractivity (Wildman–Crippen MR) is 81.8 cm³/mol. The first-order chi connectivity index (χ1) is 12.3. The summed E-state index contributed by atoms with van der Waals surface area (Å²) in [6.45, 7) is -0.566. The van der Waals surface area contributed by atoms with Crippen LogP contribution in [-0.2, 0) is 16.1 Å². The number of carbonyl (C=O) groups excluding carboxylic acids is 2. The van der Waals surface area contributed by atoms with Crippen molar-refractivity contribution in [3.63, 3.8) is 0 Å². The summed E-state index contributed by atoms with van der Waals surface area (Å²) in [7, 11) is 0. The van der Waals surface area contributed by atoms with Gasteiger partial charge >= 0.3 is 6.18 Å². The average Bonchev–Trinajstić information content (AvgIpc) is 2.95. The normalized spacial score (nSPS) is 17.1. The molecule has 26 heavy (non-hydrogen) atoms. The zero-order valence-electron chi connectivity index (χ0n) is 13.1. The first kappa shape index (κ1) is 17.4. The van der Waals surface area contributed by atoms with Gasteiger partial charge in [0.05, 0.1) is 17.8 Å². The lowest BCUT2D eigenvalue weighted by atomic mass is 10.1. The molecule has 2 aromatic rings. The summed E-state index contributed by atoms with van der Waals surface area (Å²) in [5, 5.41) is 14.8. The van der Waals surface area contributed by atoms with Crippen molar-refractivity contribution in [1.82, 2.24) is 14.8 Å². The van der Waals surface area contributed by atoms with E-state index in [1.165, 1.54) is 24.3 Å². The van der Waals surface area contributed by atoms with Crippen LogP contribution in [0.2, 0.25) is 0 Å². The Balaban J connectivity index is 2.02. The minimum absolute atomic E-state index is 0.0636. The lowest BCUT2D eigenvalue weighted by molar-refractivity contribution is -0.158. The van der Waals surface area contributed by atoms with Gasteiger partial charge in [0.15, 0.2) is 0 Å². The number of fused-ring (bicyclic) bond motifs is 1. The third-order valence-corrected chi connectivity index (χ3v) is 3.71. The van der Waals surface area contributed by atoms with Gasteiger partial charge in [-0.05, 0) is 12.1 Å². The molecule has 0 saturated heterocycles. The Morgan fingerprint density at radius 3 is 2.77 bits per heavy atom. The van der Waals surface area contributed by atoms with Gasteiger partial charge in [0, 0.05) is 0 Å². The molecule has 11 heteroatoms. The molecule has 0 spiro atoms. The Morgan fingerprint density at radius 2 is 2.12 bits per heavy atom. The van der Waals surface area contributed by atoms with E-state index in [1.807, 2.05) is 0 Å². The molecule has 1 aromatic heterocycles. The molecule has 1 aliphatic heterocycles. The fourth-order valence-electron chi connectivity index (χ4n) is 2.63. The van der Waals surface area contributed by atoms with Gasteiger partial charge in [0.1, 0.15) is 25.0 Å². The molecule has 2 amide bonds. The van der Waals surface area contributed by atoms with E-state index in [1.54, 1.807) is 6.07 Å². The number of carbonyl (C=O) groups is 2. The van der Waals surface area contributed by atoms with Gasteiger partial charge in [-0.2, -0.15) is 18.4 Å². The molecule has 1 unspecified atom stereocenters. The van der Waals surface area contributed by atoms with E-state index < -0.39 is 37.0 Å². The number of amides is 2. The van der Waals surface area contributed by atoms with Crippen LogP contribution in [0.4, 0.5) is 24.5 Å². The molecule has 3 rings (SSSR count). The molecule has 1 atom stereocenters. The number of benzene rings is 1. The van der Waals surface area contributed by atoms with Crippen LogP contribution < -0.4 is 10.2 Å². The molecular formula is C15H11F3N6O2. The minimum atomic E-state index is -4.81. The number of para-hydroxylation sites is 2. The first-order valence-corrected chi connectivity index (χ1v) is 7.37. The van der Waals surface area contributed by atoms with Crippen molar-refractivity contribution in [1.29, 1.82) is 5.26 Å². The highest BCUT2D eigenvalue weighted by molar-refractivity contribution is 6.04. The van der Waals surface area contributed by atoms with Crippen LogP contribution in [0.3, 0.4) is 0 Å². The lowest BCUT2D eigenvalue weighted by Crippen LogP contribution is -2.50. The highest BCUT2D eigenvalue weighted by Crippen LogP contribution is 2.37. The van der Waals surface area contributed by atoms with Crippen molar-refractivity contribution in [3.8, 4) is 6.07 Å². The maximum Gasteiger partial charge on any atom is 0.409 e. The number of anilines is 2. The Kier molecular flexibility index (Phi) is 4.33. The van der Waals surface area contributed by atoms with E-state index in [9.17, 15) is 22.8 Å². The summed E-state index contributed by atoms with van der Waals surface area (Å²) in [5.41, 5.74) is 0.0419. The van der Waals surface area contributed by atoms with Crippen LogP contribution in [0.25, 0.3) is 0 Å². The lowest BCUT2D eigenvalue weighted by Gasteiger charge is -2.31. The summed E-state index contributed by atoms with van der Waals surface area (Å²) in [4.78, 5) is 28.7. The minimum Gasteiger partial charge on any atom is -0.324 e. The van der Waals surface area contributed by atoms with Gasteiger partial charge in [0.25, 0.3) is 5.82 Å². The van der Waals surface area contributed by atoms with Crippen molar-refractivity contribution in [2.75, 3.05) is 10.2 Å². The largest absolute Gasteiger partial charge is 0.409 e. The summed E-state index contributed by atoms with van der Waals surface area (Å²) in [6, 6.07) is 5.07. The summed E-state index contributed by atoms with van der Waals surface area (Å²) >= 11 is 0. The Hall–Kier alpha value is -3.42. The number of nitrogens with one attached hydrogen (secondary N) is 1. The standard InChI is InChI=1S/C15H11F3N6O2/c16-15(17,18)11-5-13(25)21-9-3-1-2-4-10(9)24(11)14(26)7-23-8-20-12(6-19)22-23/h1-4,8,11H,5,7H2,(H,21,25). The van der Waals surface area contributed by atoms with Crippen LogP contribution in [0, 0.1) is 11.3 Å². The van der Waals surface area contributed by atoms with Gasteiger partial charge in [-0.1, -0.05) is 12.1 Å². The second kappa shape index (κ2) is 6.47. The summed E-state index contributed by atoms with van der Waals surface area (Å²) in [6.07, 6.45) is -4.67. The monoisotopic (exact) mass is 364 g/mol. The highest BCUT2D eigenvalue weighted by Gasteiger charge is 2.49. The molecule has 0 saturated carbocycles. The third-order valence-electron chi connectivity index (χ3n) is 3.71. The van der Waals surface area contributed by atoms with Crippen LogP contribution in [0.1, 0.15) is 12.2 Å². The molecule has 1 aromatic carbocycles. The van der Waals surface area contributed by atoms with E-state index in [4.69, 9.17) is 5.26 Å². The molecule has 0 bridgehead atoms. The molecule has 0 radical (unpaired) electrons. The van der Waals surface area contributed by atoms with Gasteiger partial charge < -0.3 is 5.32 Å². The van der Waals surface area contributed by atoms with E-state index in [2.05, 4.69) is 15.4 Å². The van der Waals surface area contributed by atoms with Crippen LogP contribution >= 0.6 is 0 Å². The number of hydrogen-bond acceptors (Lipinski definition) is 5. The van der Waals surface area contributed by atoms with Crippen LogP contribution in [0.5, 0.6) is 0 Å². The second-order valence-electron chi connectivity index (χ2n) is 5.47. The first-order valence-electron chi connectivity index (χ1n) is 7.37. The number of nitriles is 1. The molecule has 0 fully saturated rings. The number of nitrogens with zero attached hydrogens (tertiary/aromatic N) is 5. The highest BCUT2D eigenvalue weighted by atomic mass is 19.4. The van der Waals surface area contributed by atoms with Crippen molar-refractivity contribution >= 4 is 23.2 Å². The Labute approximate surface area is 144 Å². The number of hydrogen-bond donors (Lipinski definition) is 1. The fourth-order valence-corrected chi connectivity index (χ4v) is 2.63. The number of aromatic nitrogens is 3. The maximum absolute atomic E-state index is 13.5. The van der Waals surface area contributed by atoms with Crippen molar-refractivity contribution in [2.24, 2.45) is 0 Å². The van der Waals surface area contributed by atoms with E-state index in [-0.39, 0.29) is 17.2 Å². The van der Waals surface area contributed by atoms with Crippen molar-refractivity contribution < 1.29 is 22.8 Å². The van der Waals surface area contributed by atoms with E-state index >= 15 is 0 Å². The molecule has 134 valence electrons. The number of rotatable bonds is 2. The maximum atomic E-state index is 13.5. The van der Waals surface area contributed by atoms with Crippen LogP contribution in [-0.4, -0.2) is 38.8 Å². The van der Waals surface area contributed by atoms with Gasteiger partial charge in [-0.3, -0.25) is 14.5 Å². The van der Waals surface area contributed by atoms with Gasteiger partial charge in [-0.25, -0.2) is 9.67 Å². The Morgan fingerprint density at radius 1 is 1.38 bits per heavy atom. The van der Waals surface area contributed by atoms with Crippen LogP contribution in [0.15, 0.2) is 30.6 Å². The summed E-state index contributed by atoms with van der Waals surface area (Å²) < 4.78 is 41.6. The molecule has 0 aliphatic carbocycles. The quantitative estimate of drug-likeness (QED) is 0.869. The number of alkyl halides is 3.